The Kier molecular flexibility index (Phi) is 2.78. The highest BCUT2D eigenvalue weighted by molar-refractivity contribution is 6.07. The van der Waals surface area contributed by atoms with E-state index in [2.05, 4.69) is 0 Å². The van der Waals surface area contributed by atoms with E-state index < -0.39 is 23.7 Å². The number of hydrogen-bond donors (Lipinski definition) is 0. The lowest BCUT2D eigenvalue weighted by Crippen LogP contribution is -2.64. The van der Waals surface area contributed by atoms with E-state index in [0.29, 0.717) is 5.69 Å². The second-order valence-corrected chi connectivity index (χ2v) is 4.59. The monoisotopic (exact) mass is 277 g/mol. The standard InChI is InChI=1S/C15H10F3NO/c16-11-6-4-5-10(9-11)13-15(17,18)14(20)19(13)12-7-2-1-3-8-12/h1-9,13H/t13-/m0/s1. The van der Waals surface area contributed by atoms with Crippen molar-refractivity contribution in [2.75, 3.05) is 4.90 Å². The van der Waals surface area contributed by atoms with Crippen LogP contribution < -0.4 is 4.90 Å². The Balaban J connectivity index is 2.05. The molecule has 1 fully saturated rings. The molecule has 0 saturated carbocycles. The molecule has 1 amide bonds. The maximum absolute atomic E-state index is 13.8. The van der Waals surface area contributed by atoms with E-state index in [4.69, 9.17) is 0 Å². The zero-order valence-electron chi connectivity index (χ0n) is 10.3. The molecule has 0 spiro atoms. The third kappa shape index (κ3) is 1.78. The molecule has 1 saturated heterocycles. The topological polar surface area (TPSA) is 20.3 Å². The quantitative estimate of drug-likeness (QED) is 0.769. The molecule has 0 N–H and O–H groups in total. The molecule has 1 heterocycles. The Morgan fingerprint density at radius 2 is 1.70 bits per heavy atom. The average molecular weight is 277 g/mol. The normalized spacial score (nSPS) is 20.6. The maximum Gasteiger partial charge on any atom is 0.349 e. The summed E-state index contributed by atoms with van der Waals surface area (Å²) < 4.78 is 40.9. The Morgan fingerprint density at radius 3 is 2.35 bits per heavy atom. The predicted octanol–water partition coefficient (Wildman–Crippen LogP) is 3.55. The fraction of sp³-hybridized carbons (Fsp3) is 0.133. The van der Waals surface area contributed by atoms with Crippen molar-refractivity contribution in [1.29, 1.82) is 0 Å². The number of carbonyl (C=O) groups excluding carboxylic acids is 1. The summed E-state index contributed by atoms with van der Waals surface area (Å²) in [4.78, 5) is 12.6. The Morgan fingerprint density at radius 1 is 1.00 bits per heavy atom. The molecule has 2 aromatic carbocycles. The number of rotatable bonds is 2. The Bertz CT molecular complexity index is 657. The van der Waals surface area contributed by atoms with Crippen LogP contribution in [0, 0.1) is 5.82 Å². The smallest absolute Gasteiger partial charge is 0.293 e. The number of β-lactam (4-membered cyclic amide) rings is 1. The molecule has 1 aliphatic rings. The van der Waals surface area contributed by atoms with Gasteiger partial charge in [0.25, 0.3) is 0 Å². The second-order valence-electron chi connectivity index (χ2n) is 4.59. The molecule has 1 aliphatic heterocycles. The fourth-order valence-electron chi connectivity index (χ4n) is 2.38. The first-order chi connectivity index (χ1) is 9.51. The number of para-hydroxylation sites is 1. The SMILES string of the molecule is O=C1N(c2ccccc2)[C@@H](c2cccc(F)c2)C1(F)F. The molecule has 0 bridgehead atoms. The largest absolute Gasteiger partial charge is 0.349 e. The molecular weight excluding hydrogens is 267 g/mol. The van der Waals surface area contributed by atoms with Crippen LogP contribution >= 0.6 is 0 Å². The van der Waals surface area contributed by atoms with Gasteiger partial charge in [-0.15, -0.1) is 0 Å². The van der Waals surface area contributed by atoms with Crippen molar-refractivity contribution in [3.8, 4) is 0 Å². The third-order valence-electron chi connectivity index (χ3n) is 3.30. The number of benzene rings is 2. The predicted molar refractivity (Wildman–Crippen MR) is 68.0 cm³/mol. The molecule has 0 aromatic heterocycles. The van der Waals surface area contributed by atoms with Crippen molar-refractivity contribution in [2.24, 2.45) is 0 Å². The summed E-state index contributed by atoms with van der Waals surface area (Å²) >= 11 is 0. The first kappa shape index (κ1) is 12.7. The first-order valence-electron chi connectivity index (χ1n) is 6.04. The van der Waals surface area contributed by atoms with Crippen molar-refractivity contribution in [3.05, 3.63) is 66.0 Å². The lowest BCUT2D eigenvalue weighted by molar-refractivity contribution is -0.162. The van der Waals surface area contributed by atoms with E-state index in [1.165, 1.54) is 18.2 Å². The van der Waals surface area contributed by atoms with E-state index >= 15 is 0 Å². The molecule has 102 valence electrons. The third-order valence-corrected chi connectivity index (χ3v) is 3.30. The van der Waals surface area contributed by atoms with Gasteiger partial charge in [-0.1, -0.05) is 30.3 Å². The maximum atomic E-state index is 13.8. The highest BCUT2D eigenvalue weighted by atomic mass is 19.3. The minimum atomic E-state index is -3.51. The average Bonchev–Trinajstić information content (AvgIpc) is 2.44. The minimum Gasteiger partial charge on any atom is -0.293 e. The van der Waals surface area contributed by atoms with Crippen molar-refractivity contribution in [3.63, 3.8) is 0 Å². The second kappa shape index (κ2) is 4.37. The van der Waals surface area contributed by atoms with E-state index in [-0.39, 0.29) is 5.56 Å². The summed E-state index contributed by atoms with van der Waals surface area (Å²) in [6.07, 6.45) is 0. The van der Waals surface area contributed by atoms with Gasteiger partial charge in [-0.3, -0.25) is 9.69 Å². The number of alkyl halides is 2. The zero-order chi connectivity index (χ0) is 14.3. The van der Waals surface area contributed by atoms with Gasteiger partial charge >= 0.3 is 11.8 Å². The summed E-state index contributed by atoms with van der Waals surface area (Å²) in [7, 11) is 0. The summed E-state index contributed by atoms with van der Waals surface area (Å²) in [6, 6.07) is 11.7. The summed E-state index contributed by atoms with van der Waals surface area (Å²) in [5.41, 5.74) is 0.455. The van der Waals surface area contributed by atoms with Crippen LogP contribution in [0.2, 0.25) is 0 Å². The van der Waals surface area contributed by atoms with Gasteiger partial charge in [0.15, 0.2) is 0 Å². The fourth-order valence-corrected chi connectivity index (χ4v) is 2.38. The Hall–Kier alpha value is -2.30. The number of amides is 1. The summed E-state index contributed by atoms with van der Waals surface area (Å²) in [5, 5.41) is 0. The molecule has 20 heavy (non-hydrogen) atoms. The zero-order valence-corrected chi connectivity index (χ0v) is 10.3. The number of anilines is 1. The molecule has 2 aromatic rings. The summed E-state index contributed by atoms with van der Waals surface area (Å²) in [6.45, 7) is 0. The van der Waals surface area contributed by atoms with Gasteiger partial charge in [-0.05, 0) is 29.8 Å². The van der Waals surface area contributed by atoms with Crippen molar-refractivity contribution >= 4 is 11.6 Å². The highest BCUT2D eigenvalue weighted by Crippen LogP contribution is 2.49. The first-order valence-corrected chi connectivity index (χ1v) is 6.04. The molecule has 0 unspecified atom stereocenters. The molecule has 1 atom stereocenters. The Labute approximate surface area is 113 Å². The van der Waals surface area contributed by atoms with Crippen LogP contribution in [-0.2, 0) is 4.79 Å². The number of hydrogen-bond acceptors (Lipinski definition) is 1. The van der Waals surface area contributed by atoms with Crippen LogP contribution in [0.3, 0.4) is 0 Å². The van der Waals surface area contributed by atoms with Crippen molar-refractivity contribution in [1.82, 2.24) is 0 Å². The molecular formula is C15H10F3NO. The van der Waals surface area contributed by atoms with Crippen molar-refractivity contribution in [2.45, 2.75) is 12.0 Å². The van der Waals surface area contributed by atoms with Gasteiger partial charge in [0.1, 0.15) is 11.9 Å². The highest BCUT2D eigenvalue weighted by Gasteiger charge is 2.64. The lowest BCUT2D eigenvalue weighted by atomic mass is 9.89. The molecule has 5 heteroatoms. The molecule has 0 radical (unpaired) electrons. The van der Waals surface area contributed by atoms with Gasteiger partial charge in [0, 0.05) is 5.69 Å². The van der Waals surface area contributed by atoms with Crippen LogP contribution in [0.15, 0.2) is 54.6 Å². The van der Waals surface area contributed by atoms with E-state index in [1.807, 2.05) is 0 Å². The molecule has 3 rings (SSSR count). The summed E-state index contributed by atoms with van der Waals surface area (Å²) in [5.74, 6) is -5.38. The lowest BCUT2D eigenvalue weighted by Gasteiger charge is -2.46. The van der Waals surface area contributed by atoms with Gasteiger partial charge in [-0.25, -0.2) is 4.39 Å². The van der Waals surface area contributed by atoms with Crippen molar-refractivity contribution < 1.29 is 18.0 Å². The number of halogens is 3. The van der Waals surface area contributed by atoms with Crippen LogP contribution in [-0.4, -0.2) is 11.8 Å². The number of nitrogens with zero attached hydrogens (tertiary/aromatic N) is 1. The van der Waals surface area contributed by atoms with Crippen LogP contribution in [0.4, 0.5) is 18.9 Å². The van der Waals surface area contributed by atoms with E-state index in [1.54, 1.807) is 30.3 Å². The minimum absolute atomic E-state index is 0.0819. The van der Waals surface area contributed by atoms with Gasteiger partial charge in [0.05, 0.1) is 0 Å². The van der Waals surface area contributed by atoms with E-state index in [0.717, 1.165) is 11.0 Å². The number of carbonyl (C=O) groups is 1. The van der Waals surface area contributed by atoms with Gasteiger partial charge < -0.3 is 0 Å². The van der Waals surface area contributed by atoms with Crippen LogP contribution in [0.25, 0.3) is 0 Å². The van der Waals surface area contributed by atoms with E-state index in [9.17, 15) is 18.0 Å². The van der Waals surface area contributed by atoms with Gasteiger partial charge in [-0.2, -0.15) is 8.78 Å². The van der Waals surface area contributed by atoms with Crippen LogP contribution in [0.1, 0.15) is 11.6 Å². The van der Waals surface area contributed by atoms with Crippen LogP contribution in [0.5, 0.6) is 0 Å². The molecule has 2 nitrogen and oxygen atoms in total. The molecule has 0 aliphatic carbocycles. The van der Waals surface area contributed by atoms with Gasteiger partial charge in [0.2, 0.25) is 0 Å².